The van der Waals surface area contributed by atoms with E-state index >= 15 is 0 Å². The molecule has 0 radical (unpaired) electrons. The van der Waals surface area contributed by atoms with Crippen LogP contribution in [0.4, 0.5) is 5.82 Å². The lowest BCUT2D eigenvalue weighted by molar-refractivity contribution is 0.0498. The molecule has 5 nitrogen and oxygen atoms in total. The van der Waals surface area contributed by atoms with Gasteiger partial charge in [-0.05, 0) is 50.7 Å². The molecule has 2 aromatic rings. The van der Waals surface area contributed by atoms with Crippen LogP contribution in [0.3, 0.4) is 0 Å². The van der Waals surface area contributed by atoms with Crippen LogP contribution in [0, 0.1) is 0 Å². The Balaban J connectivity index is 1.44. The molecule has 0 unspecified atom stereocenters. The first-order valence-corrected chi connectivity index (χ1v) is 11.3. The van der Waals surface area contributed by atoms with Crippen molar-refractivity contribution in [2.75, 3.05) is 5.73 Å². The number of fused-ring (bicyclic) bond motifs is 3. The third-order valence-electron chi connectivity index (χ3n) is 7.45. The Labute approximate surface area is 166 Å². The number of piperidine rings is 1. The van der Waals surface area contributed by atoms with Gasteiger partial charge in [-0.3, -0.25) is 9.69 Å². The summed E-state index contributed by atoms with van der Waals surface area (Å²) in [5, 5.41) is 0. The van der Waals surface area contributed by atoms with Crippen molar-refractivity contribution in [2.45, 2.75) is 94.8 Å². The van der Waals surface area contributed by atoms with E-state index in [0.29, 0.717) is 12.1 Å². The average Bonchev–Trinajstić information content (AvgIpc) is 2.92. The third kappa shape index (κ3) is 3.14. The zero-order valence-corrected chi connectivity index (χ0v) is 16.7. The fraction of sp³-hybridized carbons (Fsp3) is 0.652. The van der Waals surface area contributed by atoms with Crippen molar-refractivity contribution in [3.05, 3.63) is 34.6 Å². The van der Waals surface area contributed by atoms with Gasteiger partial charge in [0.1, 0.15) is 0 Å². The second kappa shape index (κ2) is 7.51. The molecule has 5 heteroatoms. The molecule has 1 aromatic carbocycles. The molecule has 0 amide bonds. The van der Waals surface area contributed by atoms with Crippen LogP contribution in [0.5, 0.6) is 0 Å². The van der Waals surface area contributed by atoms with Gasteiger partial charge in [-0.25, -0.2) is 4.98 Å². The lowest BCUT2D eigenvalue weighted by Crippen LogP contribution is -2.50. The predicted octanol–water partition coefficient (Wildman–Crippen LogP) is 4.26. The van der Waals surface area contributed by atoms with Crippen molar-refractivity contribution in [3.8, 4) is 0 Å². The van der Waals surface area contributed by atoms with E-state index in [1.54, 1.807) is 0 Å². The molecule has 2 saturated heterocycles. The maximum absolute atomic E-state index is 12.9. The molecule has 3 aliphatic rings. The molecule has 3 fully saturated rings. The molecule has 2 bridgehead atoms. The van der Waals surface area contributed by atoms with E-state index in [0.717, 1.165) is 29.9 Å². The Morgan fingerprint density at radius 1 is 0.821 bits per heavy atom. The van der Waals surface area contributed by atoms with Gasteiger partial charge in [0.05, 0.1) is 11.0 Å². The van der Waals surface area contributed by atoms with Crippen LogP contribution >= 0.6 is 0 Å². The van der Waals surface area contributed by atoms with Gasteiger partial charge in [0.2, 0.25) is 0 Å². The molecular formula is C23H32N4O. The van der Waals surface area contributed by atoms with Crippen LogP contribution in [-0.4, -0.2) is 32.6 Å². The van der Waals surface area contributed by atoms with Crippen molar-refractivity contribution in [1.82, 2.24) is 14.5 Å². The number of nitrogen functional groups attached to an aromatic ring is 1. The van der Waals surface area contributed by atoms with Gasteiger partial charge >= 0.3 is 0 Å². The number of nitrogens with zero attached hydrogens (tertiary/aromatic N) is 3. The number of hydrogen-bond donors (Lipinski definition) is 1. The number of benzene rings is 1. The van der Waals surface area contributed by atoms with Crippen molar-refractivity contribution in [1.29, 1.82) is 0 Å². The van der Waals surface area contributed by atoms with Crippen LogP contribution in [0.1, 0.15) is 76.7 Å². The number of aromatic nitrogens is 2. The summed E-state index contributed by atoms with van der Waals surface area (Å²) in [4.78, 5) is 20.1. The standard InChI is InChI=1S/C23H32N4O/c24-22-23(28)27(21-11-7-6-10-20(21)25-22)19-14-17-12-13-18(15-19)26(17)16-8-4-2-1-3-5-9-16/h6-7,10-11,16-19H,1-5,8-9,12-15H2,(H2,24,25)/t17-,18+,19+. The van der Waals surface area contributed by atoms with Gasteiger partial charge in [0.25, 0.3) is 5.56 Å². The summed E-state index contributed by atoms with van der Waals surface area (Å²) < 4.78 is 1.97. The lowest BCUT2D eigenvalue weighted by Gasteiger charge is -2.45. The summed E-state index contributed by atoms with van der Waals surface area (Å²) >= 11 is 0. The highest BCUT2D eigenvalue weighted by Crippen LogP contribution is 2.44. The summed E-state index contributed by atoms with van der Waals surface area (Å²) in [6.07, 6.45) is 14.4. The Bertz CT molecular complexity index is 885. The van der Waals surface area contributed by atoms with Gasteiger partial charge < -0.3 is 10.3 Å². The Kier molecular flexibility index (Phi) is 4.87. The number of hydrogen-bond acceptors (Lipinski definition) is 4. The van der Waals surface area contributed by atoms with Gasteiger partial charge in [-0.2, -0.15) is 0 Å². The molecule has 1 aromatic heterocycles. The molecular weight excluding hydrogens is 348 g/mol. The summed E-state index contributed by atoms with van der Waals surface area (Å²) in [6.45, 7) is 0. The van der Waals surface area contributed by atoms with Crippen LogP contribution < -0.4 is 11.3 Å². The minimum atomic E-state index is -0.109. The molecule has 3 atom stereocenters. The highest BCUT2D eigenvalue weighted by molar-refractivity contribution is 5.76. The Morgan fingerprint density at radius 2 is 1.46 bits per heavy atom. The number of para-hydroxylation sites is 2. The molecule has 2 N–H and O–H groups in total. The largest absolute Gasteiger partial charge is 0.379 e. The first kappa shape index (κ1) is 18.2. The van der Waals surface area contributed by atoms with Gasteiger partial charge in [0.15, 0.2) is 5.82 Å². The fourth-order valence-corrected chi connectivity index (χ4v) is 6.26. The molecule has 3 heterocycles. The van der Waals surface area contributed by atoms with Crippen LogP contribution in [0.25, 0.3) is 11.0 Å². The number of nitrogens with two attached hydrogens (primary N) is 1. The monoisotopic (exact) mass is 380 g/mol. The zero-order valence-electron chi connectivity index (χ0n) is 16.7. The zero-order chi connectivity index (χ0) is 19.1. The highest BCUT2D eigenvalue weighted by atomic mass is 16.1. The first-order valence-electron chi connectivity index (χ1n) is 11.3. The van der Waals surface area contributed by atoms with E-state index < -0.39 is 0 Å². The topological polar surface area (TPSA) is 64.2 Å². The van der Waals surface area contributed by atoms with E-state index in [4.69, 9.17) is 5.73 Å². The second-order valence-electron chi connectivity index (χ2n) is 9.12. The quantitative estimate of drug-likeness (QED) is 0.845. The van der Waals surface area contributed by atoms with Crippen LogP contribution in [-0.2, 0) is 0 Å². The summed E-state index contributed by atoms with van der Waals surface area (Å²) in [7, 11) is 0. The summed E-state index contributed by atoms with van der Waals surface area (Å²) in [5.74, 6) is 0.133. The van der Waals surface area contributed by atoms with E-state index in [9.17, 15) is 4.79 Å². The third-order valence-corrected chi connectivity index (χ3v) is 7.45. The van der Waals surface area contributed by atoms with Gasteiger partial charge in [-0.1, -0.05) is 44.2 Å². The van der Waals surface area contributed by atoms with E-state index in [1.807, 2.05) is 28.8 Å². The van der Waals surface area contributed by atoms with Crippen molar-refractivity contribution < 1.29 is 0 Å². The van der Waals surface area contributed by atoms with E-state index in [-0.39, 0.29) is 17.4 Å². The van der Waals surface area contributed by atoms with Gasteiger partial charge in [0, 0.05) is 24.2 Å². The fourth-order valence-electron chi connectivity index (χ4n) is 6.26. The number of rotatable bonds is 2. The van der Waals surface area contributed by atoms with Crippen molar-refractivity contribution in [2.24, 2.45) is 0 Å². The molecule has 28 heavy (non-hydrogen) atoms. The van der Waals surface area contributed by atoms with E-state index in [2.05, 4.69) is 9.88 Å². The van der Waals surface area contributed by atoms with Gasteiger partial charge in [-0.15, -0.1) is 0 Å². The minimum Gasteiger partial charge on any atom is -0.379 e. The second-order valence-corrected chi connectivity index (χ2v) is 9.12. The van der Waals surface area contributed by atoms with Crippen LogP contribution in [0.2, 0.25) is 0 Å². The smallest absolute Gasteiger partial charge is 0.293 e. The molecule has 1 saturated carbocycles. The van der Waals surface area contributed by atoms with Crippen molar-refractivity contribution >= 4 is 16.9 Å². The maximum atomic E-state index is 12.9. The number of anilines is 1. The highest BCUT2D eigenvalue weighted by Gasteiger charge is 2.44. The summed E-state index contributed by atoms with van der Waals surface area (Å²) in [5.41, 5.74) is 7.65. The maximum Gasteiger partial charge on any atom is 0.293 e. The first-order chi connectivity index (χ1) is 13.7. The molecule has 2 aliphatic heterocycles. The lowest BCUT2D eigenvalue weighted by atomic mass is 9.89. The van der Waals surface area contributed by atoms with Crippen molar-refractivity contribution in [3.63, 3.8) is 0 Å². The predicted molar refractivity (Wildman–Crippen MR) is 113 cm³/mol. The molecule has 5 rings (SSSR count). The van der Waals surface area contributed by atoms with E-state index in [1.165, 1.54) is 57.8 Å². The molecule has 150 valence electrons. The minimum absolute atomic E-state index is 0.109. The normalized spacial score (nSPS) is 29.6. The molecule has 1 aliphatic carbocycles. The van der Waals surface area contributed by atoms with Crippen LogP contribution in [0.15, 0.2) is 29.1 Å². The Morgan fingerprint density at radius 3 is 2.18 bits per heavy atom. The summed E-state index contributed by atoms with van der Waals surface area (Å²) in [6, 6.07) is 10.2. The SMILES string of the molecule is Nc1nc2ccccc2n([C@H]2C[C@H]3CC[C@@H](C2)N3C2CCCCCCC2)c1=O. The average molecular weight is 381 g/mol. The Hall–Kier alpha value is -1.88. The molecule has 0 spiro atoms.